The molecule has 2 aliphatic heterocycles. The highest BCUT2D eigenvalue weighted by Gasteiger charge is 1.95. The highest BCUT2D eigenvalue weighted by atomic mass is 15.0. The van der Waals surface area contributed by atoms with E-state index in [0.717, 1.165) is 23.0 Å². The Kier molecular flexibility index (Phi) is 4.37. The van der Waals surface area contributed by atoms with Gasteiger partial charge in [0.1, 0.15) is 5.82 Å². The van der Waals surface area contributed by atoms with Gasteiger partial charge in [-0.05, 0) is 54.6 Å². The molecule has 2 N–H and O–H groups in total. The van der Waals surface area contributed by atoms with Crippen LogP contribution in [0.2, 0.25) is 0 Å². The number of aromatic amines is 2. The van der Waals surface area contributed by atoms with E-state index < -0.39 is 0 Å². The maximum Gasteiger partial charge on any atom is 0.154 e. The molecule has 0 bridgehead atoms. The molecule has 4 rings (SSSR count). The Labute approximate surface area is 128 Å². The molecule has 0 saturated carbocycles. The average molecular weight is 289 g/mol. The SMILES string of the molecule is C1=C/C(=C/c2ccc[nH]2)N=C1.C1=CC(=Nc2ccc[nH]2)N=C1. The van der Waals surface area contributed by atoms with Crippen LogP contribution in [0.15, 0.2) is 81.6 Å². The standard InChI is InChI=1S/C9H8N2.C8H7N3/c1-3-8(10-5-1)7-9-4-2-6-11-9;1-3-7(9-5-1)11-8-4-2-6-10-8/h1-7,10H;1-6,9H/b9-7-;. The van der Waals surface area contributed by atoms with E-state index in [0.29, 0.717) is 0 Å². The zero-order valence-electron chi connectivity index (χ0n) is 11.8. The van der Waals surface area contributed by atoms with Crippen molar-refractivity contribution >= 4 is 30.2 Å². The number of rotatable bonds is 2. The second kappa shape index (κ2) is 6.99. The van der Waals surface area contributed by atoms with Crippen molar-refractivity contribution in [3.8, 4) is 0 Å². The van der Waals surface area contributed by atoms with Crippen molar-refractivity contribution < 1.29 is 0 Å². The molecule has 0 saturated heterocycles. The molecule has 2 aromatic heterocycles. The van der Waals surface area contributed by atoms with E-state index in [1.54, 1.807) is 12.4 Å². The van der Waals surface area contributed by atoms with Crippen LogP contribution < -0.4 is 0 Å². The Balaban J connectivity index is 0.000000131. The fraction of sp³-hybridized carbons (Fsp3) is 0. The molecule has 5 heteroatoms. The molecule has 5 nitrogen and oxygen atoms in total. The smallest absolute Gasteiger partial charge is 0.154 e. The van der Waals surface area contributed by atoms with Crippen molar-refractivity contribution in [2.45, 2.75) is 0 Å². The van der Waals surface area contributed by atoms with Crippen molar-refractivity contribution in [1.29, 1.82) is 0 Å². The molecule has 0 aromatic carbocycles. The minimum atomic E-state index is 0.743. The van der Waals surface area contributed by atoms with Gasteiger partial charge in [0.05, 0.1) is 5.70 Å². The third-order valence-corrected chi connectivity index (χ3v) is 2.86. The van der Waals surface area contributed by atoms with Crippen molar-refractivity contribution in [3.63, 3.8) is 0 Å². The molecule has 0 atom stereocenters. The lowest BCUT2D eigenvalue weighted by molar-refractivity contribution is 1.33. The summed E-state index contributed by atoms with van der Waals surface area (Å²) in [5.41, 5.74) is 2.08. The van der Waals surface area contributed by atoms with Gasteiger partial charge in [0.15, 0.2) is 5.84 Å². The summed E-state index contributed by atoms with van der Waals surface area (Å²) in [7, 11) is 0. The summed E-state index contributed by atoms with van der Waals surface area (Å²) in [5.74, 6) is 1.58. The van der Waals surface area contributed by atoms with Gasteiger partial charge in [-0.2, -0.15) is 0 Å². The first-order valence-electron chi connectivity index (χ1n) is 6.89. The summed E-state index contributed by atoms with van der Waals surface area (Å²) in [5, 5.41) is 0. The lowest BCUT2D eigenvalue weighted by Crippen LogP contribution is -1.80. The predicted octanol–water partition coefficient (Wildman–Crippen LogP) is 3.68. The number of allylic oxidation sites excluding steroid dienone is 3. The Bertz CT molecular complexity index is 673. The molecule has 0 amide bonds. The highest BCUT2D eigenvalue weighted by molar-refractivity contribution is 6.07. The molecule has 2 aliphatic rings. The second-order valence-corrected chi connectivity index (χ2v) is 4.49. The monoisotopic (exact) mass is 289 g/mol. The van der Waals surface area contributed by atoms with Crippen LogP contribution in [0.25, 0.3) is 6.08 Å². The van der Waals surface area contributed by atoms with Crippen LogP contribution in [0.5, 0.6) is 0 Å². The van der Waals surface area contributed by atoms with Crippen LogP contribution in [0.3, 0.4) is 0 Å². The summed E-state index contributed by atoms with van der Waals surface area (Å²) in [6.45, 7) is 0. The van der Waals surface area contributed by atoms with Gasteiger partial charge in [-0.3, -0.25) is 4.99 Å². The molecule has 108 valence electrons. The van der Waals surface area contributed by atoms with Crippen molar-refractivity contribution in [2.24, 2.45) is 15.0 Å². The Hall–Kier alpha value is -3.21. The third kappa shape index (κ3) is 3.89. The van der Waals surface area contributed by atoms with Gasteiger partial charge in [-0.1, -0.05) is 0 Å². The van der Waals surface area contributed by atoms with Crippen molar-refractivity contribution in [2.75, 3.05) is 0 Å². The molecular weight excluding hydrogens is 274 g/mol. The van der Waals surface area contributed by atoms with Crippen LogP contribution in [0.4, 0.5) is 5.82 Å². The maximum absolute atomic E-state index is 4.19. The number of nitrogens with one attached hydrogen (secondary N) is 2. The molecule has 22 heavy (non-hydrogen) atoms. The van der Waals surface area contributed by atoms with E-state index in [4.69, 9.17) is 0 Å². The van der Waals surface area contributed by atoms with Gasteiger partial charge < -0.3 is 9.97 Å². The first-order valence-corrected chi connectivity index (χ1v) is 6.89. The maximum atomic E-state index is 4.19. The van der Waals surface area contributed by atoms with Gasteiger partial charge in [-0.15, -0.1) is 0 Å². The molecule has 0 radical (unpaired) electrons. The van der Waals surface area contributed by atoms with Gasteiger partial charge in [0, 0.05) is 30.5 Å². The lowest BCUT2D eigenvalue weighted by Gasteiger charge is -1.86. The van der Waals surface area contributed by atoms with Crippen LogP contribution in [0, 0.1) is 0 Å². The molecule has 4 heterocycles. The number of hydrogen-bond donors (Lipinski definition) is 2. The fourth-order valence-electron chi connectivity index (χ4n) is 1.86. The molecule has 0 aliphatic carbocycles. The second-order valence-electron chi connectivity index (χ2n) is 4.49. The van der Waals surface area contributed by atoms with E-state index in [2.05, 4.69) is 24.9 Å². The van der Waals surface area contributed by atoms with E-state index in [1.807, 2.05) is 67.0 Å². The summed E-state index contributed by atoms with van der Waals surface area (Å²) in [6, 6.07) is 7.78. The molecule has 2 aromatic rings. The number of aromatic nitrogens is 2. The fourth-order valence-corrected chi connectivity index (χ4v) is 1.86. The predicted molar refractivity (Wildman–Crippen MR) is 91.9 cm³/mol. The average Bonchev–Trinajstić information content (AvgIpc) is 3.31. The number of aliphatic imine (C=N–C) groups is 3. The zero-order valence-corrected chi connectivity index (χ0v) is 11.8. The Morgan fingerprint density at radius 3 is 2.36 bits per heavy atom. The van der Waals surface area contributed by atoms with Crippen LogP contribution in [-0.4, -0.2) is 28.2 Å². The number of hydrogen-bond acceptors (Lipinski definition) is 2. The van der Waals surface area contributed by atoms with Crippen molar-refractivity contribution in [3.05, 3.63) is 72.4 Å². The quantitative estimate of drug-likeness (QED) is 0.847. The molecular formula is C17H15N5. The van der Waals surface area contributed by atoms with E-state index in [9.17, 15) is 0 Å². The van der Waals surface area contributed by atoms with Crippen LogP contribution >= 0.6 is 0 Å². The molecule has 0 unspecified atom stereocenters. The first-order chi connectivity index (χ1) is 10.9. The summed E-state index contributed by atoms with van der Waals surface area (Å²) >= 11 is 0. The van der Waals surface area contributed by atoms with Gasteiger partial charge in [-0.25, -0.2) is 9.98 Å². The number of amidine groups is 1. The number of H-pyrrole nitrogens is 2. The molecule has 0 spiro atoms. The van der Waals surface area contributed by atoms with Gasteiger partial charge in [0.25, 0.3) is 0 Å². The van der Waals surface area contributed by atoms with E-state index >= 15 is 0 Å². The van der Waals surface area contributed by atoms with Crippen LogP contribution in [0.1, 0.15) is 5.69 Å². The van der Waals surface area contributed by atoms with E-state index in [-0.39, 0.29) is 0 Å². The highest BCUT2D eigenvalue weighted by Crippen LogP contribution is 2.09. The van der Waals surface area contributed by atoms with Gasteiger partial charge >= 0.3 is 0 Å². The number of nitrogens with zero attached hydrogens (tertiary/aromatic N) is 3. The lowest BCUT2D eigenvalue weighted by atomic mass is 10.3. The minimum absolute atomic E-state index is 0.743. The summed E-state index contributed by atoms with van der Waals surface area (Å²) < 4.78 is 0. The largest absolute Gasteiger partial charge is 0.362 e. The summed E-state index contributed by atoms with van der Waals surface area (Å²) in [4.78, 5) is 18.4. The minimum Gasteiger partial charge on any atom is -0.362 e. The third-order valence-electron chi connectivity index (χ3n) is 2.86. The summed E-state index contributed by atoms with van der Waals surface area (Å²) in [6.07, 6.45) is 16.9. The molecule has 0 fully saturated rings. The van der Waals surface area contributed by atoms with Gasteiger partial charge in [0.2, 0.25) is 0 Å². The first kappa shape index (κ1) is 13.8. The zero-order chi connectivity index (χ0) is 15.0. The van der Waals surface area contributed by atoms with Crippen LogP contribution in [-0.2, 0) is 0 Å². The Morgan fingerprint density at radius 1 is 0.909 bits per heavy atom. The van der Waals surface area contributed by atoms with Crippen molar-refractivity contribution in [1.82, 2.24) is 9.97 Å². The van der Waals surface area contributed by atoms with E-state index in [1.165, 1.54) is 0 Å². The Morgan fingerprint density at radius 2 is 1.73 bits per heavy atom. The normalized spacial score (nSPS) is 18.4. The topological polar surface area (TPSA) is 68.7 Å².